The van der Waals surface area contributed by atoms with E-state index in [4.69, 9.17) is 16.3 Å². The number of aryl methyl sites for hydroxylation is 2. The molecule has 20 heavy (non-hydrogen) atoms. The molecule has 3 rings (SSSR count). The van der Waals surface area contributed by atoms with Gasteiger partial charge in [0.1, 0.15) is 11.3 Å². The van der Waals surface area contributed by atoms with Gasteiger partial charge < -0.3 is 4.74 Å². The highest BCUT2D eigenvalue weighted by molar-refractivity contribution is 6.17. The van der Waals surface area contributed by atoms with Gasteiger partial charge in [-0.3, -0.25) is 9.25 Å². The lowest BCUT2D eigenvalue weighted by Crippen LogP contribution is -2.02. The monoisotopic (exact) mass is 291 g/mol. The molecule has 0 atom stereocenters. The van der Waals surface area contributed by atoms with Gasteiger partial charge in [0.05, 0.1) is 19.0 Å². The van der Waals surface area contributed by atoms with Crippen LogP contribution in [0.15, 0.2) is 24.5 Å². The number of fused-ring (bicyclic) bond motifs is 1. The lowest BCUT2D eigenvalue weighted by Gasteiger charge is -2.05. The summed E-state index contributed by atoms with van der Waals surface area (Å²) < 4.78 is 8.90. The second kappa shape index (κ2) is 5.13. The van der Waals surface area contributed by atoms with Crippen LogP contribution in [0.5, 0.6) is 5.88 Å². The molecule has 0 fully saturated rings. The minimum atomic E-state index is 0.501. The van der Waals surface area contributed by atoms with Crippen LogP contribution in [0, 0.1) is 0 Å². The van der Waals surface area contributed by atoms with Crippen molar-refractivity contribution in [3.8, 4) is 11.6 Å². The first kappa shape index (κ1) is 12.9. The number of halogens is 1. The minimum absolute atomic E-state index is 0.501. The van der Waals surface area contributed by atoms with E-state index in [9.17, 15) is 0 Å². The maximum atomic E-state index is 5.87. The maximum absolute atomic E-state index is 5.87. The van der Waals surface area contributed by atoms with Crippen LogP contribution in [-0.4, -0.2) is 37.3 Å². The molecule has 3 aromatic rings. The van der Waals surface area contributed by atoms with E-state index in [1.165, 1.54) is 0 Å². The molecule has 0 aliphatic rings. The van der Waals surface area contributed by atoms with E-state index in [1.54, 1.807) is 24.1 Å². The molecule has 0 amide bonds. The molecule has 0 saturated carbocycles. The fourth-order valence-corrected chi connectivity index (χ4v) is 2.32. The Morgan fingerprint density at radius 2 is 2.15 bits per heavy atom. The first-order chi connectivity index (χ1) is 9.72. The number of pyridine rings is 1. The van der Waals surface area contributed by atoms with E-state index < -0.39 is 0 Å². The van der Waals surface area contributed by atoms with E-state index in [-0.39, 0.29) is 0 Å². The molecule has 3 heterocycles. The first-order valence-electron chi connectivity index (χ1n) is 6.20. The van der Waals surface area contributed by atoms with Gasteiger partial charge in [0, 0.05) is 31.6 Å². The van der Waals surface area contributed by atoms with Crippen molar-refractivity contribution in [3.05, 3.63) is 30.4 Å². The van der Waals surface area contributed by atoms with Crippen molar-refractivity contribution in [1.82, 2.24) is 24.3 Å². The number of aromatic nitrogens is 5. The summed E-state index contributed by atoms with van der Waals surface area (Å²) in [5.74, 6) is 1.92. The van der Waals surface area contributed by atoms with Crippen molar-refractivity contribution in [2.45, 2.75) is 6.42 Å². The number of methoxy groups -OCH3 is 1. The fraction of sp³-hybridized carbons (Fsp3) is 0.308. The van der Waals surface area contributed by atoms with Crippen molar-refractivity contribution in [3.63, 3.8) is 0 Å². The second-order valence-corrected chi connectivity index (χ2v) is 4.75. The molecule has 0 spiro atoms. The molecule has 0 aromatic carbocycles. The standard InChI is InChI=1S/C13H14ClN5O/c1-18-8-9(7-15-18)19-11(5-6-14)16-10-3-4-12(20-2)17-13(10)19/h3-4,7-8H,5-6H2,1-2H3. The number of nitrogens with zero attached hydrogens (tertiary/aromatic N) is 5. The van der Waals surface area contributed by atoms with Gasteiger partial charge in [-0.25, -0.2) is 4.98 Å². The van der Waals surface area contributed by atoms with Crippen molar-refractivity contribution in [2.24, 2.45) is 7.05 Å². The normalized spacial score (nSPS) is 11.2. The Morgan fingerprint density at radius 1 is 1.30 bits per heavy atom. The number of alkyl halides is 1. The Balaban J connectivity index is 2.26. The molecule has 0 radical (unpaired) electrons. The van der Waals surface area contributed by atoms with Gasteiger partial charge in [-0.2, -0.15) is 10.1 Å². The molecule has 104 valence electrons. The lowest BCUT2D eigenvalue weighted by atomic mass is 10.4. The largest absolute Gasteiger partial charge is 0.481 e. The van der Waals surface area contributed by atoms with Crippen LogP contribution >= 0.6 is 11.6 Å². The second-order valence-electron chi connectivity index (χ2n) is 4.37. The topological polar surface area (TPSA) is 57.8 Å². The van der Waals surface area contributed by atoms with E-state index in [0.717, 1.165) is 22.7 Å². The van der Waals surface area contributed by atoms with Crippen LogP contribution in [0.25, 0.3) is 16.9 Å². The molecule has 0 unspecified atom stereocenters. The first-order valence-corrected chi connectivity index (χ1v) is 6.73. The summed E-state index contributed by atoms with van der Waals surface area (Å²) in [5, 5.41) is 4.20. The molecular formula is C13H14ClN5O. The summed E-state index contributed by atoms with van der Waals surface area (Å²) >= 11 is 5.87. The fourth-order valence-electron chi connectivity index (χ4n) is 2.15. The predicted molar refractivity (Wildman–Crippen MR) is 76.6 cm³/mol. The summed E-state index contributed by atoms with van der Waals surface area (Å²) in [6.45, 7) is 0. The van der Waals surface area contributed by atoms with Crippen LogP contribution in [0.4, 0.5) is 0 Å². The summed E-state index contributed by atoms with van der Waals surface area (Å²) in [6, 6.07) is 3.69. The zero-order valence-corrected chi connectivity index (χ0v) is 12.0. The van der Waals surface area contributed by atoms with E-state index in [2.05, 4.69) is 15.1 Å². The molecule has 0 bridgehead atoms. The molecule has 0 N–H and O–H groups in total. The number of hydrogen-bond acceptors (Lipinski definition) is 4. The molecular weight excluding hydrogens is 278 g/mol. The van der Waals surface area contributed by atoms with Gasteiger partial charge in [0.2, 0.25) is 5.88 Å². The van der Waals surface area contributed by atoms with Crippen molar-refractivity contribution in [2.75, 3.05) is 13.0 Å². The smallest absolute Gasteiger partial charge is 0.215 e. The van der Waals surface area contributed by atoms with E-state index in [0.29, 0.717) is 18.2 Å². The van der Waals surface area contributed by atoms with Crippen LogP contribution in [-0.2, 0) is 13.5 Å². The van der Waals surface area contributed by atoms with Crippen LogP contribution in [0.3, 0.4) is 0 Å². The summed E-state index contributed by atoms with van der Waals surface area (Å²) in [6.07, 6.45) is 4.36. The number of hydrogen-bond donors (Lipinski definition) is 0. The Bertz CT molecular complexity index is 748. The third kappa shape index (κ3) is 2.12. The third-order valence-electron chi connectivity index (χ3n) is 3.03. The predicted octanol–water partition coefficient (Wildman–Crippen LogP) is 1.94. The van der Waals surface area contributed by atoms with Gasteiger partial charge >= 0.3 is 0 Å². The van der Waals surface area contributed by atoms with Crippen LogP contribution in [0.2, 0.25) is 0 Å². The zero-order chi connectivity index (χ0) is 14.1. The van der Waals surface area contributed by atoms with Crippen molar-refractivity contribution >= 4 is 22.8 Å². The average molecular weight is 292 g/mol. The highest BCUT2D eigenvalue weighted by atomic mass is 35.5. The number of rotatable bonds is 4. The number of ether oxygens (including phenoxy) is 1. The molecule has 6 nitrogen and oxygen atoms in total. The highest BCUT2D eigenvalue weighted by Crippen LogP contribution is 2.22. The Kier molecular flexibility index (Phi) is 3.31. The third-order valence-corrected chi connectivity index (χ3v) is 3.21. The molecule has 7 heteroatoms. The number of imidazole rings is 1. The summed E-state index contributed by atoms with van der Waals surface area (Å²) in [7, 11) is 3.47. The molecule has 3 aromatic heterocycles. The molecule has 0 saturated heterocycles. The summed E-state index contributed by atoms with van der Waals surface area (Å²) in [4.78, 5) is 9.07. The van der Waals surface area contributed by atoms with Gasteiger partial charge in [0.15, 0.2) is 5.65 Å². The van der Waals surface area contributed by atoms with Crippen molar-refractivity contribution < 1.29 is 4.74 Å². The van der Waals surface area contributed by atoms with E-state index in [1.807, 2.05) is 23.9 Å². The Hall–Kier alpha value is -2.08. The quantitative estimate of drug-likeness (QED) is 0.689. The lowest BCUT2D eigenvalue weighted by molar-refractivity contribution is 0.399. The average Bonchev–Trinajstić information content (AvgIpc) is 3.01. The van der Waals surface area contributed by atoms with Gasteiger partial charge in [-0.1, -0.05) is 0 Å². The Morgan fingerprint density at radius 3 is 2.80 bits per heavy atom. The highest BCUT2D eigenvalue weighted by Gasteiger charge is 2.15. The summed E-state index contributed by atoms with van der Waals surface area (Å²) in [5.41, 5.74) is 2.48. The van der Waals surface area contributed by atoms with Gasteiger partial charge in [-0.05, 0) is 6.07 Å². The van der Waals surface area contributed by atoms with E-state index >= 15 is 0 Å². The van der Waals surface area contributed by atoms with Crippen LogP contribution < -0.4 is 4.74 Å². The zero-order valence-electron chi connectivity index (χ0n) is 11.2. The van der Waals surface area contributed by atoms with Crippen molar-refractivity contribution in [1.29, 1.82) is 0 Å². The molecule has 0 aliphatic heterocycles. The minimum Gasteiger partial charge on any atom is -0.481 e. The SMILES string of the molecule is COc1ccc2nc(CCCl)n(-c3cnn(C)c3)c2n1. The Labute approximate surface area is 121 Å². The van der Waals surface area contributed by atoms with Gasteiger partial charge in [-0.15, -0.1) is 11.6 Å². The van der Waals surface area contributed by atoms with Gasteiger partial charge in [0.25, 0.3) is 0 Å². The molecule has 0 aliphatic carbocycles. The maximum Gasteiger partial charge on any atom is 0.215 e. The van der Waals surface area contributed by atoms with Crippen LogP contribution in [0.1, 0.15) is 5.82 Å².